The number of amides is 2. The summed E-state index contributed by atoms with van der Waals surface area (Å²) in [6.07, 6.45) is 0. The number of aromatic hydroxyl groups is 1. The number of aliphatic imine (C=N–C) groups is 1. The van der Waals surface area contributed by atoms with E-state index in [1.807, 2.05) is 0 Å². The molecule has 0 unspecified atom stereocenters. The van der Waals surface area contributed by atoms with E-state index in [4.69, 9.17) is 17.3 Å². The lowest BCUT2D eigenvalue weighted by molar-refractivity contribution is -0.121. The molecule has 0 atom stereocenters. The summed E-state index contributed by atoms with van der Waals surface area (Å²) >= 11 is 6.11. The van der Waals surface area contributed by atoms with Gasteiger partial charge in [-0.1, -0.05) is 11.6 Å². The predicted molar refractivity (Wildman–Crippen MR) is 91.6 cm³/mol. The van der Waals surface area contributed by atoms with E-state index in [-0.39, 0.29) is 24.7 Å². The lowest BCUT2D eigenvalue weighted by atomic mass is 10.00. The number of hydrogen-bond acceptors (Lipinski definition) is 4. The number of fused-ring (bicyclic) bond motifs is 1. The summed E-state index contributed by atoms with van der Waals surface area (Å²) in [5.74, 6) is -0.811. The number of phenolic OH excluding ortho intramolecular Hbond substituents is 1. The lowest BCUT2D eigenvalue weighted by Crippen LogP contribution is -2.39. The number of nitrogens with zero attached hydrogens (tertiary/aromatic N) is 2. The van der Waals surface area contributed by atoms with Crippen LogP contribution >= 0.6 is 11.6 Å². The molecule has 0 fully saturated rings. The molecule has 1 aliphatic rings. The molecule has 2 aromatic carbocycles. The molecule has 2 aromatic rings. The fraction of sp³-hybridized carbons (Fsp3) is 0.118. The Morgan fingerprint density at radius 2 is 1.96 bits per heavy atom. The molecule has 0 saturated heterocycles. The monoisotopic (exact) mass is 343 g/mol. The predicted octanol–water partition coefficient (Wildman–Crippen LogP) is 1.71. The molecule has 7 heteroatoms. The Kier molecular flexibility index (Phi) is 4.22. The number of carbonyl (C=O) groups is 2. The smallest absolute Gasteiger partial charge is 0.249 e. The Hall–Kier alpha value is -2.86. The minimum absolute atomic E-state index is 0.115. The highest BCUT2D eigenvalue weighted by atomic mass is 35.5. The Morgan fingerprint density at radius 3 is 2.62 bits per heavy atom. The zero-order valence-corrected chi connectivity index (χ0v) is 13.3. The van der Waals surface area contributed by atoms with Crippen LogP contribution in [-0.4, -0.2) is 35.7 Å². The van der Waals surface area contributed by atoms with Crippen molar-refractivity contribution in [3.05, 3.63) is 58.6 Å². The topological polar surface area (TPSA) is 96.0 Å². The molecule has 1 aliphatic heterocycles. The maximum absolute atomic E-state index is 12.4. The highest BCUT2D eigenvalue weighted by Crippen LogP contribution is 2.29. The second-order valence-corrected chi connectivity index (χ2v) is 5.76. The molecular formula is C17H14ClN3O3. The molecule has 0 saturated carbocycles. The van der Waals surface area contributed by atoms with E-state index in [9.17, 15) is 14.7 Å². The van der Waals surface area contributed by atoms with Crippen LogP contribution in [0.5, 0.6) is 5.75 Å². The van der Waals surface area contributed by atoms with Crippen LogP contribution in [0.4, 0.5) is 5.69 Å². The van der Waals surface area contributed by atoms with Crippen LogP contribution in [0, 0.1) is 0 Å². The van der Waals surface area contributed by atoms with Gasteiger partial charge in [0.15, 0.2) is 0 Å². The van der Waals surface area contributed by atoms with Gasteiger partial charge in [-0.05, 0) is 42.5 Å². The fourth-order valence-corrected chi connectivity index (χ4v) is 2.75. The Bertz CT molecular complexity index is 847. The van der Waals surface area contributed by atoms with Gasteiger partial charge in [-0.3, -0.25) is 14.6 Å². The molecule has 0 aromatic heterocycles. The number of phenols is 1. The van der Waals surface area contributed by atoms with Gasteiger partial charge in [0.05, 0.1) is 11.4 Å². The number of primary amides is 1. The first-order valence-corrected chi connectivity index (χ1v) is 7.56. The van der Waals surface area contributed by atoms with Crippen LogP contribution in [0.25, 0.3) is 0 Å². The molecule has 0 bridgehead atoms. The third kappa shape index (κ3) is 3.09. The van der Waals surface area contributed by atoms with Crippen molar-refractivity contribution in [2.24, 2.45) is 10.7 Å². The highest BCUT2D eigenvalue weighted by molar-refractivity contribution is 6.32. The average molecular weight is 344 g/mol. The first-order chi connectivity index (χ1) is 11.5. The molecule has 1 heterocycles. The van der Waals surface area contributed by atoms with E-state index >= 15 is 0 Å². The first-order valence-electron chi connectivity index (χ1n) is 7.18. The number of halogens is 1. The van der Waals surface area contributed by atoms with Crippen molar-refractivity contribution >= 4 is 34.8 Å². The molecule has 6 nitrogen and oxygen atoms in total. The quantitative estimate of drug-likeness (QED) is 0.888. The summed E-state index contributed by atoms with van der Waals surface area (Å²) in [6.45, 7) is -0.346. The summed E-state index contributed by atoms with van der Waals surface area (Å²) in [5, 5.41) is 9.94. The van der Waals surface area contributed by atoms with Gasteiger partial charge in [-0.25, -0.2) is 0 Å². The zero-order chi connectivity index (χ0) is 17.3. The van der Waals surface area contributed by atoms with Crippen molar-refractivity contribution < 1.29 is 14.7 Å². The Balaban J connectivity index is 2.17. The van der Waals surface area contributed by atoms with E-state index < -0.39 is 5.91 Å². The molecule has 0 spiro atoms. The number of benzodiazepines with no additional fused rings is 1. The van der Waals surface area contributed by atoms with Crippen LogP contribution < -0.4 is 10.6 Å². The molecule has 0 radical (unpaired) electrons. The van der Waals surface area contributed by atoms with Gasteiger partial charge in [0, 0.05) is 16.1 Å². The summed E-state index contributed by atoms with van der Waals surface area (Å²) in [6, 6.07) is 11.5. The molecule has 2 amide bonds. The van der Waals surface area contributed by atoms with E-state index in [1.165, 1.54) is 17.0 Å². The first kappa shape index (κ1) is 16.0. The normalized spacial score (nSPS) is 14.0. The van der Waals surface area contributed by atoms with Gasteiger partial charge < -0.3 is 15.7 Å². The summed E-state index contributed by atoms with van der Waals surface area (Å²) in [4.78, 5) is 29.4. The van der Waals surface area contributed by atoms with Gasteiger partial charge >= 0.3 is 0 Å². The van der Waals surface area contributed by atoms with E-state index in [2.05, 4.69) is 4.99 Å². The van der Waals surface area contributed by atoms with E-state index in [0.717, 1.165) is 5.56 Å². The van der Waals surface area contributed by atoms with Crippen molar-refractivity contribution in [3.8, 4) is 5.75 Å². The van der Waals surface area contributed by atoms with Crippen LogP contribution in [0.15, 0.2) is 47.5 Å². The van der Waals surface area contributed by atoms with Crippen LogP contribution in [0.1, 0.15) is 11.1 Å². The average Bonchev–Trinajstić information content (AvgIpc) is 2.66. The summed E-state index contributed by atoms with van der Waals surface area (Å²) in [7, 11) is 0. The van der Waals surface area contributed by atoms with Crippen molar-refractivity contribution in [1.29, 1.82) is 0 Å². The molecular weight excluding hydrogens is 330 g/mol. The van der Waals surface area contributed by atoms with Crippen LogP contribution in [-0.2, 0) is 9.59 Å². The van der Waals surface area contributed by atoms with Crippen molar-refractivity contribution in [2.45, 2.75) is 0 Å². The molecule has 24 heavy (non-hydrogen) atoms. The molecule has 122 valence electrons. The lowest BCUT2D eigenvalue weighted by Gasteiger charge is -2.21. The zero-order valence-electron chi connectivity index (χ0n) is 12.6. The summed E-state index contributed by atoms with van der Waals surface area (Å²) < 4.78 is 0. The number of hydrogen-bond donors (Lipinski definition) is 2. The fourth-order valence-electron chi connectivity index (χ4n) is 2.58. The maximum atomic E-state index is 12.4. The minimum Gasteiger partial charge on any atom is -0.508 e. The van der Waals surface area contributed by atoms with Gasteiger partial charge in [0.1, 0.15) is 18.8 Å². The summed E-state index contributed by atoms with van der Waals surface area (Å²) in [5.41, 5.74) is 7.70. The minimum atomic E-state index is -0.614. The molecule has 0 aliphatic carbocycles. The Labute approximate surface area is 143 Å². The number of nitrogens with two attached hydrogens (primary N) is 1. The van der Waals surface area contributed by atoms with Crippen LogP contribution in [0.2, 0.25) is 5.02 Å². The van der Waals surface area contributed by atoms with Gasteiger partial charge in [0.25, 0.3) is 0 Å². The number of carbonyl (C=O) groups excluding carboxylic acids is 2. The number of benzene rings is 2. The van der Waals surface area contributed by atoms with E-state index in [1.54, 1.807) is 30.3 Å². The number of rotatable bonds is 3. The van der Waals surface area contributed by atoms with Crippen molar-refractivity contribution in [2.75, 3.05) is 18.0 Å². The highest BCUT2D eigenvalue weighted by Gasteiger charge is 2.26. The van der Waals surface area contributed by atoms with Crippen molar-refractivity contribution in [3.63, 3.8) is 0 Å². The molecule has 3 N–H and O–H groups in total. The second-order valence-electron chi connectivity index (χ2n) is 5.32. The maximum Gasteiger partial charge on any atom is 0.249 e. The van der Waals surface area contributed by atoms with Gasteiger partial charge in [0.2, 0.25) is 11.8 Å². The van der Waals surface area contributed by atoms with Crippen LogP contribution in [0.3, 0.4) is 0 Å². The third-order valence-electron chi connectivity index (χ3n) is 3.63. The second kappa shape index (κ2) is 6.33. The van der Waals surface area contributed by atoms with E-state index in [0.29, 0.717) is 22.0 Å². The largest absolute Gasteiger partial charge is 0.508 e. The van der Waals surface area contributed by atoms with Gasteiger partial charge in [-0.2, -0.15) is 0 Å². The Morgan fingerprint density at radius 1 is 1.25 bits per heavy atom. The van der Waals surface area contributed by atoms with Gasteiger partial charge in [-0.15, -0.1) is 0 Å². The standard InChI is InChI=1S/C17H14ClN3O3/c18-11-3-6-14-13(7-11)17(10-1-4-12(22)5-2-10)20-8-16(24)21(14)9-15(19)23/h1-7,22H,8-9H2,(H2,19,23). The molecule has 3 rings (SSSR count). The van der Waals surface area contributed by atoms with Crippen molar-refractivity contribution in [1.82, 2.24) is 0 Å². The number of anilines is 1. The SMILES string of the molecule is NC(=O)CN1C(=O)CN=C(c2ccc(O)cc2)c2cc(Cl)ccc21. The third-order valence-corrected chi connectivity index (χ3v) is 3.87.